The molecule has 0 heterocycles. The molecule has 0 aromatic heterocycles. The monoisotopic (exact) mass is 405 g/mol. The standard InChI is InChI=1S/C26H32NOP/c1-19-15-22(26(2,3)4)25(28-18-20-11-7-6-8-12-20)24(16-19)29-23-14-10-9-13-21(23)17-27-5/h6-11,13-17,20,29H,12,18H2,1-5H3/b27-17+. The minimum Gasteiger partial charge on any atom is -0.492 e. The predicted molar refractivity (Wildman–Crippen MR) is 129 cm³/mol. The number of hydrogen-bond donors (Lipinski definition) is 0. The van der Waals surface area contributed by atoms with Crippen LogP contribution >= 0.6 is 8.58 Å². The van der Waals surface area contributed by atoms with Crippen molar-refractivity contribution in [3.8, 4) is 5.75 Å². The topological polar surface area (TPSA) is 21.6 Å². The van der Waals surface area contributed by atoms with Gasteiger partial charge in [0.2, 0.25) is 0 Å². The van der Waals surface area contributed by atoms with Gasteiger partial charge in [0, 0.05) is 30.0 Å². The maximum atomic E-state index is 6.55. The summed E-state index contributed by atoms with van der Waals surface area (Å²) in [5, 5.41) is 2.58. The Morgan fingerprint density at radius 3 is 2.62 bits per heavy atom. The van der Waals surface area contributed by atoms with Gasteiger partial charge in [-0.05, 0) is 41.3 Å². The van der Waals surface area contributed by atoms with Crippen LogP contribution in [0.4, 0.5) is 0 Å². The van der Waals surface area contributed by atoms with Crippen molar-refractivity contribution in [3.05, 3.63) is 77.4 Å². The fraction of sp³-hybridized carbons (Fsp3) is 0.346. The Morgan fingerprint density at radius 2 is 1.93 bits per heavy atom. The third-order valence-electron chi connectivity index (χ3n) is 5.05. The van der Waals surface area contributed by atoms with Crippen molar-refractivity contribution in [2.75, 3.05) is 13.7 Å². The van der Waals surface area contributed by atoms with Crippen molar-refractivity contribution in [2.45, 2.75) is 39.5 Å². The SMILES string of the molecule is C/N=C/c1ccccc1Pc1cc(C)cc(C(C)(C)C)c1OCC1C=CC=CC1. The average Bonchev–Trinajstić information content (AvgIpc) is 2.68. The van der Waals surface area contributed by atoms with Gasteiger partial charge in [-0.1, -0.05) is 84.0 Å². The largest absolute Gasteiger partial charge is 0.492 e. The third kappa shape index (κ3) is 5.67. The number of aryl methyl sites for hydroxylation is 1. The highest BCUT2D eigenvalue weighted by Gasteiger charge is 2.23. The van der Waals surface area contributed by atoms with Gasteiger partial charge in [-0.15, -0.1) is 0 Å². The number of ether oxygens (including phenoxy) is 1. The maximum Gasteiger partial charge on any atom is 0.130 e. The molecular formula is C26H32NOP. The van der Waals surface area contributed by atoms with Crippen molar-refractivity contribution >= 4 is 25.4 Å². The maximum absolute atomic E-state index is 6.55. The molecule has 0 radical (unpaired) electrons. The minimum absolute atomic E-state index is 0.0211. The lowest BCUT2D eigenvalue weighted by atomic mass is 9.85. The second-order valence-corrected chi connectivity index (χ2v) is 9.99. The Kier molecular flexibility index (Phi) is 7.09. The van der Waals surface area contributed by atoms with Crippen LogP contribution in [0.1, 0.15) is 43.9 Å². The lowest BCUT2D eigenvalue weighted by molar-refractivity contribution is 0.271. The summed E-state index contributed by atoms with van der Waals surface area (Å²) in [6, 6.07) is 13.1. The molecule has 152 valence electrons. The molecule has 1 aliphatic rings. The number of nitrogens with zero attached hydrogens (tertiary/aromatic N) is 1. The number of benzene rings is 2. The summed E-state index contributed by atoms with van der Waals surface area (Å²) < 4.78 is 6.55. The van der Waals surface area contributed by atoms with Crippen LogP contribution in [0, 0.1) is 12.8 Å². The van der Waals surface area contributed by atoms with Crippen molar-refractivity contribution in [1.29, 1.82) is 0 Å². The number of aliphatic imine (C=N–C) groups is 1. The summed E-state index contributed by atoms with van der Waals surface area (Å²) in [5.74, 6) is 1.50. The average molecular weight is 406 g/mol. The molecule has 1 aliphatic carbocycles. The lowest BCUT2D eigenvalue weighted by Gasteiger charge is -2.27. The van der Waals surface area contributed by atoms with Gasteiger partial charge in [0.1, 0.15) is 5.75 Å². The Labute approximate surface area is 177 Å². The Bertz CT molecular complexity index is 934. The van der Waals surface area contributed by atoms with Crippen LogP contribution in [0.25, 0.3) is 0 Å². The molecule has 0 fully saturated rings. The van der Waals surface area contributed by atoms with E-state index in [1.807, 2.05) is 13.3 Å². The Morgan fingerprint density at radius 1 is 1.14 bits per heavy atom. The van der Waals surface area contributed by atoms with Crippen LogP contribution in [-0.4, -0.2) is 19.9 Å². The highest BCUT2D eigenvalue weighted by atomic mass is 31.1. The quantitative estimate of drug-likeness (QED) is 0.461. The van der Waals surface area contributed by atoms with Crippen molar-refractivity contribution in [2.24, 2.45) is 10.9 Å². The highest BCUT2D eigenvalue weighted by molar-refractivity contribution is 7.56. The normalized spacial score (nSPS) is 16.9. The van der Waals surface area contributed by atoms with Gasteiger partial charge in [0.25, 0.3) is 0 Å². The van der Waals surface area contributed by atoms with Crippen LogP contribution in [-0.2, 0) is 5.41 Å². The summed E-state index contributed by atoms with van der Waals surface area (Å²) in [6.45, 7) is 9.69. The number of hydrogen-bond acceptors (Lipinski definition) is 2. The summed E-state index contributed by atoms with van der Waals surface area (Å²) in [6.07, 6.45) is 11.7. The molecule has 29 heavy (non-hydrogen) atoms. The van der Waals surface area contributed by atoms with E-state index < -0.39 is 0 Å². The summed E-state index contributed by atoms with van der Waals surface area (Å²) >= 11 is 0. The molecule has 2 aromatic carbocycles. The van der Waals surface area contributed by atoms with Gasteiger partial charge in [-0.25, -0.2) is 0 Å². The van der Waals surface area contributed by atoms with E-state index in [0.29, 0.717) is 21.1 Å². The van der Waals surface area contributed by atoms with Gasteiger partial charge < -0.3 is 4.74 Å². The minimum atomic E-state index is 0.0211. The van der Waals surface area contributed by atoms with Crippen molar-refractivity contribution in [3.63, 3.8) is 0 Å². The van der Waals surface area contributed by atoms with Crippen LogP contribution in [0.5, 0.6) is 5.75 Å². The molecule has 3 heteroatoms. The van der Waals surface area contributed by atoms with E-state index in [9.17, 15) is 0 Å². The fourth-order valence-corrected chi connectivity index (χ4v) is 4.91. The van der Waals surface area contributed by atoms with Crippen LogP contribution < -0.4 is 15.3 Å². The summed E-state index contributed by atoms with van der Waals surface area (Å²) in [4.78, 5) is 4.24. The molecule has 3 rings (SSSR count). The van der Waals surface area contributed by atoms with Gasteiger partial charge in [-0.2, -0.15) is 0 Å². The molecule has 0 saturated heterocycles. The molecule has 0 spiro atoms. The van der Waals surface area contributed by atoms with Gasteiger partial charge in [0.05, 0.1) is 6.61 Å². The highest BCUT2D eigenvalue weighted by Crippen LogP contribution is 2.35. The van der Waals surface area contributed by atoms with E-state index in [2.05, 4.69) is 93.4 Å². The molecular weight excluding hydrogens is 373 g/mol. The van der Waals surface area contributed by atoms with E-state index in [0.717, 1.165) is 12.2 Å². The summed E-state index contributed by atoms with van der Waals surface area (Å²) in [5.41, 5.74) is 3.77. The van der Waals surface area contributed by atoms with E-state index in [-0.39, 0.29) is 5.41 Å². The van der Waals surface area contributed by atoms with Crippen LogP contribution in [0.2, 0.25) is 0 Å². The Balaban J connectivity index is 1.99. The fourth-order valence-electron chi connectivity index (χ4n) is 3.53. The summed E-state index contributed by atoms with van der Waals surface area (Å²) in [7, 11) is 2.35. The van der Waals surface area contributed by atoms with Gasteiger partial charge in [0.15, 0.2) is 0 Å². The Hall–Kier alpha value is -2.18. The first-order valence-electron chi connectivity index (χ1n) is 10.3. The van der Waals surface area contributed by atoms with Gasteiger partial charge >= 0.3 is 0 Å². The van der Waals surface area contributed by atoms with Crippen LogP contribution in [0.3, 0.4) is 0 Å². The van der Waals surface area contributed by atoms with Crippen molar-refractivity contribution < 1.29 is 4.74 Å². The smallest absolute Gasteiger partial charge is 0.130 e. The second kappa shape index (κ2) is 9.55. The molecule has 2 nitrogen and oxygen atoms in total. The first-order chi connectivity index (χ1) is 13.9. The molecule has 2 aromatic rings. The first kappa shape index (κ1) is 21.5. The van der Waals surface area contributed by atoms with Gasteiger partial charge in [-0.3, -0.25) is 4.99 Å². The number of rotatable bonds is 6. The van der Waals surface area contributed by atoms with E-state index >= 15 is 0 Å². The molecule has 2 unspecified atom stereocenters. The van der Waals surface area contributed by atoms with E-state index in [1.165, 1.54) is 27.3 Å². The van der Waals surface area contributed by atoms with Crippen molar-refractivity contribution in [1.82, 2.24) is 0 Å². The molecule has 0 amide bonds. The molecule has 0 aliphatic heterocycles. The zero-order valence-corrected chi connectivity index (χ0v) is 19.2. The lowest BCUT2D eigenvalue weighted by Crippen LogP contribution is -2.22. The van der Waals surface area contributed by atoms with Crippen LogP contribution in [0.15, 0.2) is 65.7 Å². The second-order valence-electron chi connectivity index (χ2n) is 8.66. The van der Waals surface area contributed by atoms with E-state index in [1.54, 1.807) is 0 Å². The molecule has 2 atom stereocenters. The predicted octanol–water partition coefficient (Wildman–Crippen LogP) is 5.48. The molecule has 0 bridgehead atoms. The first-order valence-corrected chi connectivity index (χ1v) is 11.3. The number of allylic oxidation sites excluding steroid dienone is 3. The zero-order valence-electron chi connectivity index (χ0n) is 18.2. The third-order valence-corrected chi connectivity index (χ3v) is 6.42. The molecule has 0 saturated carbocycles. The zero-order chi connectivity index (χ0) is 20.9. The van der Waals surface area contributed by atoms with E-state index in [4.69, 9.17) is 4.74 Å². The molecule has 0 N–H and O–H groups in total.